The van der Waals surface area contributed by atoms with Crippen LogP contribution in [0.3, 0.4) is 0 Å². The molecule has 0 atom stereocenters. The van der Waals surface area contributed by atoms with E-state index < -0.39 is 0 Å². The van der Waals surface area contributed by atoms with Crippen molar-refractivity contribution in [3.8, 4) is 11.3 Å². The Balaban J connectivity index is 2.26. The molecule has 0 saturated heterocycles. The summed E-state index contributed by atoms with van der Waals surface area (Å²) in [7, 11) is 0. The summed E-state index contributed by atoms with van der Waals surface area (Å²) >= 11 is 3.46. The summed E-state index contributed by atoms with van der Waals surface area (Å²) in [5, 5.41) is 0. The van der Waals surface area contributed by atoms with Crippen LogP contribution in [0.5, 0.6) is 0 Å². The van der Waals surface area contributed by atoms with Crippen LogP contribution in [0.4, 0.5) is 0 Å². The molecule has 0 aliphatic rings. The molecule has 0 saturated carbocycles. The molecule has 96 valence electrons. The van der Waals surface area contributed by atoms with Crippen LogP contribution >= 0.6 is 15.9 Å². The number of benzene rings is 1. The number of imidazole rings is 1. The third kappa shape index (κ3) is 2.17. The molecule has 0 bridgehead atoms. The van der Waals surface area contributed by atoms with Crippen molar-refractivity contribution < 1.29 is 0 Å². The number of hydrogen-bond acceptors (Lipinski definition) is 2. The third-order valence-electron chi connectivity index (χ3n) is 3.21. The molecule has 19 heavy (non-hydrogen) atoms. The van der Waals surface area contributed by atoms with Crippen molar-refractivity contribution in [2.45, 2.75) is 13.5 Å². The standard InChI is InChI=1S/C15H14BrN3/c1-10-15(12-3-5-13(16)6-4-12)19-9-11(8-17)2-7-14(19)18-10/h2-7,9H,8,17H2,1H3. The monoisotopic (exact) mass is 315 g/mol. The highest BCUT2D eigenvalue weighted by molar-refractivity contribution is 9.10. The average molecular weight is 316 g/mol. The highest BCUT2D eigenvalue weighted by Crippen LogP contribution is 2.26. The van der Waals surface area contributed by atoms with Gasteiger partial charge in [-0.1, -0.05) is 34.1 Å². The van der Waals surface area contributed by atoms with Gasteiger partial charge >= 0.3 is 0 Å². The Morgan fingerprint density at radius 1 is 1.16 bits per heavy atom. The minimum atomic E-state index is 0.535. The van der Waals surface area contributed by atoms with Crippen molar-refractivity contribution in [3.05, 3.63) is 58.3 Å². The number of pyridine rings is 1. The molecule has 0 fully saturated rings. The molecule has 0 radical (unpaired) electrons. The van der Waals surface area contributed by atoms with Crippen molar-refractivity contribution in [3.63, 3.8) is 0 Å². The molecule has 4 heteroatoms. The van der Waals surface area contributed by atoms with Crippen LogP contribution in [0, 0.1) is 6.92 Å². The number of aryl methyl sites for hydroxylation is 1. The topological polar surface area (TPSA) is 43.3 Å². The summed E-state index contributed by atoms with van der Waals surface area (Å²) in [5.74, 6) is 0. The van der Waals surface area contributed by atoms with Crippen molar-refractivity contribution in [1.82, 2.24) is 9.38 Å². The maximum absolute atomic E-state index is 5.72. The Labute approximate surface area is 120 Å². The third-order valence-corrected chi connectivity index (χ3v) is 3.74. The van der Waals surface area contributed by atoms with E-state index in [1.54, 1.807) is 0 Å². The average Bonchev–Trinajstić information content (AvgIpc) is 2.75. The van der Waals surface area contributed by atoms with E-state index in [2.05, 4.69) is 43.6 Å². The molecule has 3 aromatic rings. The second kappa shape index (κ2) is 4.79. The molecule has 2 aromatic heterocycles. The molecule has 2 N–H and O–H groups in total. The molecule has 0 aliphatic carbocycles. The Bertz CT molecular complexity index is 729. The van der Waals surface area contributed by atoms with Gasteiger partial charge in [-0.25, -0.2) is 4.98 Å². The molecule has 2 heterocycles. The zero-order valence-corrected chi connectivity index (χ0v) is 12.2. The number of aromatic nitrogens is 2. The number of fused-ring (bicyclic) bond motifs is 1. The van der Waals surface area contributed by atoms with Gasteiger partial charge in [0.25, 0.3) is 0 Å². The quantitative estimate of drug-likeness (QED) is 0.786. The van der Waals surface area contributed by atoms with Gasteiger partial charge in [-0.3, -0.25) is 4.40 Å². The Morgan fingerprint density at radius 2 is 1.89 bits per heavy atom. The molecule has 0 aliphatic heterocycles. The lowest BCUT2D eigenvalue weighted by atomic mass is 10.1. The van der Waals surface area contributed by atoms with Crippen LogP contribution in [0.2, 0.25) is 0 Å². The van der Waals surface area contributed by atoms with Crippen LogP contribution in [-0.4, -0.2) is 9.38 Å². The molecule has 0 unspecified atom stereocenters. The first-order valence-corrected chi connectivity index (χ1v) is 6.92. The van der Waals surface area contributed by atoms with E-state index in [-0.39, 0.29) is 0 Å². The normalized spacial score (nSPS) is 11.1. The lowest BCUT2D eigenvalue weighted by Gasteiger charge is -2.05. The van der Waals surface area contributed by atoms with Gasteiger partial charge in [0, 0.05) is 22.8 Å². The minimum absolute atomic E-state index is 0.535. The SMILES string of the molecule is Cc1nc2ccc(CN)cn2c1-c1ccc(Br)cc1. The summed E-state index contributed by atoms with van der Waals surface area (Å²) in [6.07, 6.45) is 2.06. The molecular weight excluding hydrogens is 302 g/mol. The van der Waals surface area contributed by atoms with Gasteiger partial charge in [-0.05, 0) is 30.7 Å². The molecular formula is C15H14BrN3. The fourth-order valence-corrected chi connectivity index (χ4v) is 2.55. The molecule has 3 nitrogen and oxygen atoms in total. The van der Waals surface area contributed by atoms with Crippen molar-refractivity contribution in [1.29, 1.82) is 0 Å². The maximum atomic E-state index is 5.72. The van der Waals surface area contributed by atoms with Gasteiger partial charge in [0.15, 0.2) is 0 Å². The van der Waals surface area contributed by atoms with Gasteiger partial charge in [0.1, 0.15) is 5.65 Å². The smallest absolute Gasteiger partial charge is 0.137 e. The van der Waals surface area contributed by atoms with Gasteiger partial charge in [-0.2, -0.15) is 0 Å². The predicted octanol–water partition coefficient (Wildman–Crippen LogP) is 3.53. The highest BCUT2D eigenvalue weighted by Gasteiger charge is 2.10. The lowest BCUT2D eigenvalue weighted by Crippen LogP contribution is -1.99. The van der Waals surface area contributed by atoms with Gasteiger partial charge in [0.05, 0.1) is 11.4 Å². The molecule has 0 amide bonds. The van der Waals surface area contributed by atoms with Crippen molar-refractivity contribution >= 4 is 21.6 Å². The van der Waals surface area contributed by atoms with E-state index in [0.717, 1.165) is 32.6 Å². The van der Waals surface area contributed by atoms with Gasteiger partial charge in [0.2, 0.25) is 0 Å². The number of rotatable bonds is 2. The zero-order valence-electron chi connectivity index (χ0n) is 10.6. The maximum Gasteiger partial charge on any atom is 0.137 e. The number of halogens is 1. The van der Waals surface area contributed by atoms with E-state index >= 15 is 0 Å². The number of nitrogens with two attached hydrogens (primary N) is 1. The Hall–Kier alpha value is -1.65. The summed E-state index contributed by atoms with van der Waals surface area (Å²) < 4.78 is 3.19. The van der Waals surface area contributed by atoms with E-state index in [9.17, 15) is 0 Å². The first-order valence-electron chi connectivity index (χ1n) is 6.12. The van der Waals surface area contributed by atoms with Crippen molar-refractivity contribution in [2.24, 2.45) is 5.73 Å². The van der Waals surface area contributed by atoms with Gasteiger partial charge in [-0.15, -0.1) is 0 Å². The molecule has 3 rings (SSSR count). The highest BCUT2D eigenvalue weighted by atomic mass is 79.9. The molecule has 1 aromatic carbocycles. The number of hydrogen-bond donors (Lipinski definition) is 1. The summed E-state index contributed by atoms with van der Waals surface area (Å²) in [4.78, 5) is 4.60. The largest absolute Gasteiger partial charge is 0.326 e. The van der Waals surface area contributed by atoms with Gasteiger partial charge < -0.3 is 5.73 Å². The lowest BCUT2D eigenvalue weighted by molar-refractivity contribution is 1.03. The second-order valence-electron chi connectivity index (χ2n) is 4.52. The van der Waals surface area contributed by atoms with Crippen LogP contribution in [-0.2, 0) is 6.54 Å². The number of nitrogens with zero attached hydrogens (tertiary/aromatic N) is 2. The predicted molar refractivity (Wildman–Crippen MR) is 81.0 cm³/mol. The summed E-state index contributed by atoms with van der Waals surface area (Å²) in [5.41, 5.74) is 11.1. The fraction of sp³-hybridized carbons (Fsp3) is 0.133. The fourth-order valence-electron chi connectivity index (χ4n) is 2.28. The Morgan fingerprint density at radius 3 is 2.58 bits per heavy atom. The second-order valence-corrected chi connectivity index (χ2v) is 5.44. The molecule has 0 spiro atoms. The van der Waals surface area contributed by atoms with Crippen LogP contribution in [0.15, 0.2) is 47.1 Å². The van der Waals surface area contributed by atoms with E-state index in [1.807, 2.05) is 31.2 Å². The summed E-state index contributed by atoms with van der Waals surface area (Å²) in [6.45, 7) is 2.57. The van der Waals surface area contributed by atoms with Crippen molar-refractivity contribution in [2.75, 3.05) is 0 Å². The van der Waals surface area contributed by atoms with Crippen LogP contribution in [0.1, 0.15) is 11.3 Å². The van der Waals surface area contributed by atoms with Crippen LogP contribution < -0.4 is 5.73 Å². The Kier molecular flexibility index (Phi) is 3.12. The van der Waals surface area contributed by atoms with E-state index in [1.165, 1.54) is 0 Å². The van der Waals surface area contributed by atoms with E-state index in [0.29, 0.717) is 6.54 Å². The first-order chi connectivity index (χ1) is 9.19. The first kappa shape index (κ1) is 12.4. The van der Waals surface area contributed by atoms with E-state index in [4.69, 9.17) is 5.73 Å². The minimum Gasteiger partial charge on any atom is -0.326 e. The zero-order chi connectivity index (χ0) is 13.4. The van der Waals surface area contributed by atoms with Crippen LogP contribution in [0.25, 0.3) is 16.9 Å². The summed E-state index contributed by atoms with van der Waals surface area (Å²) in [6, 6.07) is 12.3.